The molecule has 2 aromatic rings. The molecule has 0 aliphatic rings. The van der Waals surface area contributed by atoms with Gasteiger partial charge in [0.05, 0.1) is 23.9 Å². The zero-order valence-electron chi connectivity index (χ0n) is 16.7. The summed E-state index contributed by atoms with van der Waals surface area (Å²) in [6.07, 6.45) is 0.895. The number of benzene rings is 1. The Morgan fingerprint density at radius 3 is 2.78 bits per heavy atom. The fourth-order valence-corrected chi connectivity index (χ4v) is 3.36. The normalized spacial score (nSPS) is 11.5. The number of thiazole rings is 1. The quantitative estimate of drug-likeness (QED) is 0.371. The molecule has 2 rings (SSSR count). The van der Waals surface area contributed by atoms with Gasteiger partial charge < -0.3 is 20.1 Å². The maximum atomic E-state index is 5.66. The molecule has 0 unspecified atom stereocenters. The maximum absolute atomic E-state index is 5.66. The van der Waals surface area contributed by atoms with Gasteiger partial charge >= 0.3 is 0 Å². The number of guanidine groups is 1. The van der Waals surface area contributed by atoms with Crippen molar-refractivity contribution in [2.24, 2.45) is 4.99 Å². The van der Waals surface area contributed by atoms with Crippen molar-refractivity contribution in [1.82, 2.24) is 15.6 Å². The predicted molar refractivity (Wildman–Crippen MR) is 112 cm³/mol. The van der Waals surface area contributed by atoms with E-state index in [0.717, 1.165) is 47.5 Å². The first-order valence-corrected chi connectivity index (χ1v) is 10.1. The van der Waals surface area contributed by atoms with Crippen molar-refractivity contribution < 1.29 is 9.47 Å². The number of methoxy groups -OCH3 is 1. The topological polar surface area (TPSA) is 67.8 Å². The number of aryl methyl sites for hydroxylation is 2. The minimum absolute atomic E-state index is 0.545. The molecule has 0 spiro atoms. The van der Waals surface area contributed by atoms with Gasteiger partial charge in [0.15, 0.2) is 5.96 Å². The third-order valence-electron chi connectivity index (χ3n) is 3.92. The highest BCUT2D eigenvalue weighted by Gasteiger charge is 2.04. The summed E-state index contributed by atoms with van der Waals surface area (Å²) >= 11 is 1.77. The Morgan fingerprint density at radius 1 is 1.22 bits per heavy atom. The average molecular weight is 391 g/mol. The highest BCUT2D eigenvalue weighted by molar-refractivity contribution is 7.11. The van der Waals surface area contributed by atoms with Crippen LogP contribution in [0.1, 0.15) is 28.1 Å². The molecule has 0 saturated carbocycles. The summed E-state index contributed by atoms with van der Waals surface area (Å²) in [5.74, 6) is 1.65. The number of nitrogens with one attached hydrogen (secondary N) is 2. The van der Waals surface area contributed by atoms with Gasteiger partial charge in [0.25, 0.3) is 0 Å². The minimum Gasteiger partial charge on any atom is -0.491 e. The fourth-order valence-electron chi connectivity index (χ4n) is 2.42. The van der Waals surface area contributed by atoms with Crippen molar-refractivity contribution in [2.45, 2.75) is 33.7 Å². The Kier molecular flexibility index (Phi) is 9.07. The van der Waals surface area contributed by atoms with Crippen LogP contribution in [-0.2, 0) is 17.7 Å². The van der Waals surface area contributed by atoms with E-state index in [0.29, 0.717) is 19.8 Å². The fraction of sp³-hybridized carbons (Fsp3) is 0.500. The van der Waals surface area contributed by atoms with Crippen molar-refractivity contribution in [3.05, 3.63) is 45.4 Å². The number of hydrogen-bond donors (Lipinski definition) is 2. The van der Waals surface area contributed by atoms with E-state index < -0.39 is 0 Å². The second-order valence-electron chi connectivity index (χ2n) is 6.11. The van der Waals surface area contributed by atoms with Crippen molar-refractivity contribution >= 4 is 17.3 Å². The maximum Gasteiger partial charge on any atom is 0.191 e. The lowest BCUT2D eigenvalue weighted by Gasteiger charge is -2.11. The van der Waals surface area contributed by atoms with Gasteiger partial charge in [0.1, 0.15) is 12.4 Å². The highest BCUT2D eigenvalue weighted by Crippen LogP contribution is 2.16. The molecular formula is C20H30N4O2S. The van der Waals surface area contributed by atoms with Gasteiger partial charge in [-0.1, -0.05) is 12.1 Å². The Bertz CT molecular complexity index is 711. The number of aromatic nitrogens is 1. The lowest BCUT2D eigenvalue weighted by molar-refractivity contribution is 0.146. The van der Waals surface area contributed by atoms with Gasteiger partial charge in [0, 0.05) is 31.5 Å². The first kappa shape index (κ1) is 21.2. The monoisotopic (exact) mass is 390 g/mol. The third-order valence-corrected chi connectivity index (χ3v) is 5.06. The molecule has 0 amide bonds. The summed E-state index contributed by atoms with van der Waals surface area (Å²) in [6, 6.07) is 8.01. The Labute approximate surface area is 166 Å². The van der Waals surface area contributed by atoms with Crippen LogP contribution in [0.5, 0.6) is 5.75 Å². The van der Waals surface area contributed by atoms with E-state index in [-0.39, 0.29) is 0 Å². The molecular weight excluding hydrogens is 360 g/mol. The summed E-state index contributed by atoms with van der Waals surface area (Å²) < 4.78 is 10.7. The van der Waals surface area contributed by atoms with Crippen LogP contribution in [0.2, 0.25) is 0 Å². The van der Waals surface area contributed by atoms with Gasteiger partial charge in [-0.3, -0.25) is 0 Å². The lowest BCUT2D eigenvalue weighted by atomic mass is 10.2. The smallest absolute Gasteiger partial charge is 0.191 e. The largest absolute Gasteiger partial charge is 0.491 e. The van der Waals surface area contributed by atoms with Crippen LogP contribution in [0, 0.1) is 13.8 Å². The molecule has 0 aliphatic carbocycles. The molecule has 1 aromatic carbocycles. The molecule has 1 heterocycles. The Hall–Kier alpha value is -2.12. The molecule has 0 atom stereocenters. The van der Waals surface area contributed by atoms with E-state index in [4.69, 9.17) is 9.47 Å². The van der Waals surface area contributed by atoms with E-state index in [1.165, 1.54) is 4.88 Å². The summed E-state index contributed by atoms with van der Waals surface area (Å²) in [5, 5.41) is 7.83. The molecule has 0 radical (unpaired) electrons. The Morgan fingerprint density at radius 2 is 2.07 bits per heavy atom. The minimum atomic E-state index is 0.545. The molecule has 148 valence electrons. The SMILES string of the molecule is CCNC(=NCc1cccc(OCCOC)c1)NCCc1nc(C)c(C)s1. The average Bonchev–Trinajstić information content (AvgIpc) is 2.98. The van der Waals surface area contributed by atoms with Gasteiger partial charge in [-0.2, -0.15) is 0 Å². The molecule has 6 nitrogen and oxygen atoms in total. The highest BCUT2D eigenvalue weighted by atomic mass is 32.1. The van der Waals surface area contributed by atoms with Crippen molar-refractivity contribution in [3.8, 4) is 5.75 Å². The second kappa shape index (κ2) is 11.6. The first-order chi connectivity index (χ1) is 13.1. The van der Waals surface area contributed by atoms with E-state index >= 15 is 0 Å². The Balaban J connectivity index is 1.87. The van der Waals surface area contributed by atoms with Crippen molar-refractivity contribution in [3.63, 3.8) is 0 Å². The summed E-state index contributed by atoms with van der Waals surface area (Å²) in [6.45, 7) is 9.57. The summed E-state index contributed by atoms with van der Waals surface area (Å²) in [4.78, 5) is 10.5. The number of aliphatic imine (C=N–C) groups is 1. The van der Waals surface area contributed by atoms with E-state index in [9.17, 15) is 0 Å². The van der Waals surface area contributed by atoms with E-state index in [1.807, 2.05) is 18.2 Å². The molecule has 0 aliphatic heterocycles. The molecule has 1 aromatic heterocycles. The third kappa shape index (κ3) is 7.56. The van der Waals surface area contributed by atoms with Crippen LogP contribution in [0.25, 0.3) is 0 Å². The summed E-state index contributed by atoms with van der Waals surface area (Å²) in [5.41, 5.74) is 2.23. The zero-order valence-corrected chi connectivity index (χ0v) is 17.5. The molecule has 7 heteroatoms. The standard InChI is InChI=1S/C20H30N4O2S/c1-5-21-20(22-10-9-19-24-15(2)16(3)27-19)23-14-17-7-6-8-18(13-17)26-12-11-25-4/h6-8,13H,5,9-12,14H2,1-4H3,(H2,21,22,23). The van der Waals surface area contributed by atoms with Gasteiger partial charge in [0.2, 0.25) is 0 Å². The molecule has 0 bridgehead atoms. The number of hydrogen-bond acceptors (Lipinski definition) is 5. The molecule has 2 N–H and O–H groups in total. The van der Waals surface area contributed by atoms with Gasteiger partial charge in [-0.25, -0.2) is 9.98 Å². The number of nitrogens with zero attached hydrogens (tertiary/aromatic N) is 2. The van der Waals surface area contributed by atoms with Gasteiger partial charge in [-0.15, -0.1) is 11.3 Å². The van der Waals surface area contributed by atoms with Crippen LogP contribution in [-0.4, -0.2) is 44.4 Å². The number of ether oxygens (including phenoxy) is 2. The first-order valence-electron chi connectivity index (χ1n) is 9.28. The van der Waals surface area contributed by atoms with Gasteiger partial charge in [-0.05, 0) is 38.5 Å². The van der Waals surface area contributed by atoms with Crippen LogP contribution < -0.4 is 15.4 Å². The van der Waals surface area contributed by atoms with Crippen LogP contribution in [0.3, 0.4) is 0 Å². The second-order valence-corrected chi connectivity index (χ2v) is 7.40. The van der Waals surface area contributed by atoms with Crippen LogP contribution in [0.15, 0.2) is 29.3 Å². The number of rotatable bonds is 10. The summed E-state index contributed by atoms with van der Waals surface area (Å²) in [7, 11) is 1.67. The van der Waals surface area contributed by atoms with Crippen molar-refractivity contribution in [1.29, 1.82) is 0 Å². The van der Waals surface area contributed by atoms with E-state index in [2.05, 4.69) is 47.4 Å². The van der Waals surface area contributed by atoms with Crippen LogP contribution in [0.4, 0.5) is 0 Å². The predicted octanol–water partition coefficient (Wildman–Crippen LogP) is 3.08. The van der Waals surface area contributed by atoms with Crippen molar-refractivity contribution in [2.75, 3.05) is 33.4 Å². The molecule has 27 heavy (non-hydrogen) atoms. The van der Waals surface area contributed by atoms with Crippen LogP contribution >= 0.6 is 11.3 Å². The van der Waals surface area contributed by atoms with E-state index in [1.54, 1.807) is 18.4 Å². The lowest BCUT2D eigenvalue weighted by Crippen LogP contribution is -2.38. The molecule has 0 saturated heterocycles. The zero-order chi connectivity index (χ0) is 19.5. The molecule has 0 fully saturated rings.